The summed E-state index contributed by atoms with van der Waals surface area (Å²) in [6, 6.07) is 0.505. The highest BCUT2D eigenvalue weighted by molar-refractivity contribution is 7.90. The zero-order chi connectivity index (χ0) is 10.6. The van der Waals surface area contributed by atoms with E-state index in [1.807, 2.05) is 7.05 Å². The molecule has 0 saturated carbocycles. The van der Waals surface area contributed by atoms with Crippen LogP contribution >= 0.6 is 0 Å². The molecule has 1 saturated heterocycles. The normalized spacial score (nSPS) is 24.1. The van der Waals surface area contributed by atoms with Gasteiger partial charge in [-0.05, 0) is 26.4 Å². The van der Waals surface area contributed by atoms with Gasteiger partial charge in [-0.15, -0.1) is 0 Å². The summed E-state index contributed by atoms with van der Waals surface area (Å²) < 4.78 is 22.0. The van der Waals surface area contributed by atoms with Crippen molar-refractivity contribution in [2.45, 2.75) is 18.9 Å². The summed E-state index contributed by atoms with van der Waals surface area (Å²) in [6.45, 7) is 2.72. The SMILES string of the molecule is CN(CCS(C)(=O)=O)C1CCCNC1. The second kappa shape index (κ2) is 5.09. The fraction of sp³-hybridized carbons (Fsp3) is 1.00. The van der Waals surface area contributed by atoms with E-state index in [1.54, 1.807) is 0 Å². The minimum Gasteiger partial charge on any atom is -0.315 e. The number of nitrogens with zero attached hydrogens (tertiary/aromatic N) is 1. The van der Waals surface area contributed by atoms with Crippen LogP contribution in [0.4, 0.5) is 0 Å². The van der Waals surface area contributed by atoms with Crippen LogP contribution in [0.15, 0.2) is 0 Å². The summed E-state index contributed by atoms with van der Waals surface area (Å²) >= 11 is 0. The van der Waals surface area contributed by atoms with Crippen molar-refractivity contribution in [1.82, 2.24) is 10.2 Å². The Kier molecular flexibility index (Phi) is 4.34. The minimum absolute atomic E-state index is 0.264. The van der Waals surface area contributed by atoms with Crippen LogP contribution < -0.4 is 5.32 Å². The van der Waals surface area contributed by atoms with Gasteiger partial charge < -0.3 is 10.2 Å². The van der Waals surface area contributed by atoms with E-state index in [2.05, 4.69) is 10.2 Å². The highest BCUT2D eigenvalue weighted by atomic mass is 32.2. The molecular formula is C9H20N2O2S. The van der Waals surface area contributed by atoms with E-state index in [9.17, 15) is 8.42 Å². The largest absolute Gasteiger partial charge is 0.315 e. The average molecular weight is 220 g/mol. The standard InChI is InChI=1S/C9H20N2O2S/c1-11(6-7-14(2,12)13)9-4-3-5-10-8-9/h9-10H,3-8H2,1-2H3. The lowest BCUT2D eigenvalue weighted by atomic mass is 10.1. The Morgan fingerprint density at radius 3 is 2.71 bits per heavy atom. The lowest BCUT2D eigenvalue weighted by Gasteiger charge is -2.31. The smallest absolute Gasteiger partial charge is 0.148 e. The zero-order valence-electron chi connectivity index (χ0n) is 8.99. The van der Waals surface area contributed by atoms with Gasteiger partial charge in [0.1, 0.15) is 9.84 Å². The molecule has 0 aliphatic carbocycles. The van der Waals surface area contributed by atoms with Gasteiger partial charge >= 0.3 is 0 Å². The first-order valence-corrected chi connectivity index (χ1v) is 7.14. The first-order chi connectivity index (χ1) is 6.49. The molecule has 4 nitrogen and oxygen atoms in total. The molecule has 0 amide bonds. The first kappa shape index (κ1) is 11.9. The quantitative estimate of drug-likeness (QED) is 0.707. The number of hydrogen-bond donors (Lipinski definition) is 1. The highest BCUT2D eigenvalue weighted by Crippen LogP contribution is 2.07. The summed E-state index contributed by atoms with van der Waals surface area (Å²) in [7, 11) is -0.817. The van der Waals surface area contributed by atoms with E-state index in [1.165, 1.54) is 19.1 Å². The van der Waals surface area contributed by atoms with Gasteiger partial charge in [0, 0.05) is 25.4 Å². The molecule has 1 rings (SSSR count). The van der Waals surface area contributed by atoms with E-state index >= 15 is 0 Å². The van der Waals surface area contributed by atoms with E-state index in [-0.39, 0.29) is 5.75 Å². The molecule has 0 aromatic heterocycles. The van der Waals surface area contributed by atoms with Crippen molar-refractivity contribution in [3.05, 3.63) is 0 Å². The van der Waals surface area contributed by atoms with Gasteiger partial charge in [-0.2, -0.15) is 0 Å². The molecule has 0 spiro atoms. The monoisotopic (exact) mass is 220 g/mol. The van der Waals surface area contributed by atoms with E-state index in [0.29, 0.717) is 12.6 Å². The number of piperidine rings is 1. The summed E-state index contributed by atoms with van der Waals surface area (Å²) in [5.74, 6) is 0.264. The molecule has 1 fully saturated rings. The lowest BCUT2D eigenvalue weighted by Crippen LogP contribution is -2.45. The summed E-state index contributed by atoms with van der Waals surface area (Å²) in [5.41, 5.74) is 0. The van der Waals surface area contributed by atoms with Gasteiger partial charge in [0.05, 0.1) is 5.75 Å². The Morgan fingerprint density at radius 1 is 1.50 bits per heavy atom. The molecule has 84 valence electrons. The molecule has 0 aromatic carbocycles. The third-order valence-corrected chi connectivity index (χ3v) is 3.63. The number of hydrogen-bond acceptors (Lipinski definition) is 4. The predicted molar refractivity (Wildman–Crippen MR) is 58.2 cm³/mol. The van der Waals surface area contributed by atoms with Crippen LogP contribution in [0.3, 0.4) is 0 Å². The van der Waals surface area contributed by atoms with Gasteiger partial charge in [-0.25, -0.2) is 8.42 Å². The van der Waals surface area contributed by atoms with E-state index in [0.717, 1.165) is 13.1 Å². The van der Waals surface area contributed by atoms with Crippen molar-refractivity contribution < 1.29 is 8.42 Å². The maximum atomic E-state index is 11.0. The second-order valence-electron chi connectivity index (χ2n) is 4.11. The van der Waals surface area contributed by atoms with Crippen LogP contribution in [0.2, 0.25) is 0 Å². The van der Waals surface area contributed by atoms with Gasteiger partial charge in [0.2, 0.25) is 0 Å². The van der Waals surface area contributed by atoms with Crippen molar-refractivity contribution in [3.8, 4) is 0 Å². The Morgan fingerprint density at radius 2 is 2.21 bits per heavy atom. The number of likely N-dealkylation sites (N-methyl/N-ethyl adjacent to an activating group) is 1. The Balaban J connectivity index is 2.30. The number of nitrogens with one attached hydrogen (secondary N) is 1. The topological polar surface area (TPSA) is 49.4 Å². The van der Waals surface area contributed by atoms with Crippen molar-refractivity contribution in [3.63, 3.8) is 0 Å². The number of rotatable bonds is 4. The maximum Gasteiger partial charge on any atom is 0.148 e. The molecule has 1 heterocycles. The predicted octanol–water partition coefficient (Wildman–Crippen LogP) is -0.285. The molecule has 1 aliphatic heterocycles. The average Bonchev–Trinajstić information content (AvgIpc) is 2.14. The fourth-order valence-corrected chi connectivity index (χ4v) is 2.32. The third-order valence-electron chi connectivity index (χ3n) is 2.71. The molecule has 1 unspecified atom stereocenters. The first-order valence-electron chi connectivity index (χ1n) is 5.08. The number of sulfone groups is 1. The third kappa shape index (κ3) is 4.39. The van der Waals surface area contributed by atoms with Gasteiger partial charge in [0.25, 0.3) is 0 Å². The van der Waals surface area contributed by atoms with Crippen molar-refractivity contribution in [2.75, 3.05) is 38.7 Å². The Hall–Kier alpha value is -0.130. The van der Waals surface area contributed by atoms with Crippen LogP contribution in [0.25, 0.3) is 0 Å². The van der Waals surface area contributed by atoms with E-state index in [4.69, 9.17) is 0 Å². The van der Waals surface area contributed by atoms with Gasteiger partial charge in [0.15, 0.2) is 0 Å². The van der Waals surface area contributed by atoms with Crippen LogP contribution in [-0.2, 0) is 9.84 Å². The molecule has 0 aromatic rings. The molecule has 1 aliphatic rings. The molecular weight excluding hydrogens is 200 g/mol. The van der Waals surface area contributed by atoms with Crippen LogP contribution in [-0.4, -0.2) is 58.1 Å². The van der Waals surface area contributed by atoms with Gasteiger partial charge in [-0.3, -0.25) is 0 Å². The van der Waals surface area contributed by atoms with Crippen LogP contribution in [0.1, 0.15) is 12.8 Å². The Bertz CT molecular complexity index is 258. The summed E-state index contributed by atoms with van der Waals surface area (Å²) in [4.78, 5) is 2.15. The fourth-order valence-electron chi connectivity index (χ4n) is 1.70. The maximum absolute atomic E-state index is 11.0. The molecule has 0 radical (unpaired) electrons. The second-order valence-corrected chi connectivity index (χ2v) is 6.37. The molecule has 1 N–H and O–H groups in total. The molecule has 14 heavy (non-hydrogen) atoms. The lowest BCUT2D eigenvalue weighted by molar-refractivity contribution is 0.213. The highest BCUT2D eigenvalue weighted by Gasteiger charge is 2.18. The molecule has 5 heteroatoms. The summed E-state index contributed by atoms with van der Waals surface area (Å²) in [5, 5.41) is 3.32. The minimum atomic E-state index is -2.82. The van der Waals surface area contributed by atoms with Crippen LogP contribution in [0.5, 0.6) is 0 Å². The Labute approximate surface area is 86.6 Å². The van der Waals surface area contributed by atoms with Crippen LogP contribution in [0, 0.1) is 0 Å². The molecule has 1 atom stereocenters. The summed E-state index contributed by atoms with van der Waals surface area (Å²) in [6.07, 6.45) is 3.65. The van der Waals surface area contributed by atoms with Crippen molar-refractivity contribution in [2.24, 2.45) is 0 Å². The van der Waals surface area contributed by atoms with E-state index < -0.39 is 9.84 Å². The van der Waals surface area contributed by atoms with Crippen molar-refractivity contribution >= 4 is 9.84 Å². The van der Waals surface area contributed by atoms with Gasteiger partial charge in [-0.1, -0.05) is 0 Å². The molecule has 0 bridgehead atoms. The zero-order valence-corrected chi connectivity index (χ0v) is 9.81. The van der Waals surface area contributed by atoms with Crippen molar-refractivity contribution in [1.29, 1.82) is 0 Å².